The molecule has 134 valence electrons. The van der Waals surface area contributed by atoms with Gasteiger partial charge in [0.05, 0.1) is 11.8 Å². The lowest BCUT2D eigenvalue weighted by atomic mass is 9.86. The van der Waals surface area contributed by atoms with Crippen LogP contribution in [0, 0.1) is 5.92 Å². The van der Waals surface area contributed by atoms with E-state index in [1.54, 1.807) is 6.92 Å². The number of carbonyl (C=O) groups excluding carboxylic acids is 1. The van der Waals surface area contributed by atoms with E-state index in [0.717, 1.165) is 6.42 Å². The molecule has 1 amide bonds. The third-order valence-corrected chi connectivity index (χ3v) is 7.28. The Bertz CT molecular complexity index is 501. The first-order valence-electron chi connectivity index (χ1n) is 8.87. The van der Waals surface area contributed by atoms with Gasteiger partial charge in [0.25, 0.3) is 0 Å². The van der Waals surface area contributed by atoms with Gasteiger partial charge in [-0.3, -0.25) is 9.69 Å². The first-order valence-corrected chi connectivity index (χ1v) is 10.5. The summed E-state index contributed by atoms with van der Waals surface area (Å²) in [7, 11) is -3.11. The summed E-state index contributed by atoms with van der Waals surface area (Å²) in [4.78, 5) is 14.6. The van der Waals surface area contributed by atoms with Crippen LogP contribution in [-0.4, -0.2) is 67.5 Å². The number of nitrogens with zero attached hydrogens (tertiary/aromatic N) is 2. The third kappa shape index (κ3) is 4.67. The standard InChI is InChI=1S/C16H31N3O3S/c1-4-23(21,22)19-11-9-18(10-12-19)14(3)16(20)17-15-8-6-5-7-13(15)2/h13-15H,4-12H2,1-3H3,(H,17,20). The Balaban J connectivity index is 1.84. The Hall–Kier alpha value is -0.660. The average molecular weight is 346 g/mol. The zero-order chi connectivity index (χ0) is 17.0. The minimum Gasteiger partial charge on any atom is -0.352 e. The maximum Gasteiger partial charge on any atom is 0.237 e. The molecule has 2 fully saturated rings. The molecule has 0 radical (unpaired) electrons. The van der Waals surface area contributed by atoms with Gasteiger partial charge in [0, 0.05) is 32.2 Å². The van der Waals surface area contributed by atoms with Gasteiger partial charge in [-0.05, 0) is 32.6 Å². The Morgan fingerprint density at radius 2 is 1.78 bits per heavy atom. The van der Waals surface area contributed by atoms with Gasteiger partial charge in [-0.25, -0.2) is 8.42 Å². The normalized spacial score (nSPS) is 29.2. The number of hydrogen-bond acceptors (Lipinski definition) is 4. The number of rotatable bonds is 5. The molecule has 3 unspecified atom stereocenters. The SMILES string of the molecule is CCS(=O)(=O)N1CCN(C(C)C(=O)NC2CCCCC2C)CC1. The topological polar surface area (TPSA) is 69.7 Å². The van der Waals surface area contributed by atoms with E-state index in [9.17, 15) is 13.2 Å². The fraction of sp³-hybridized carbons (Fsp3) is 0.938. The highest BCUT2D eigenvalue weighted by atomic mass is 32.2. The lowest BCUT2D eigenvalue weighted by molar-refractivity contribution is -0.127. The van der Waals surface area contributed by atoms with Gasteiger partial charge in [0.15, 0.2) is 0 Å². The molecule has 1 aliphatic carbocycles. The van der Waals surface area contributed by atoms with Crippen molar-refractivity contribution in [2.24, 2.45) is 5.92 Å². The van der Waals surface area contributed by atoms with Crippen LogP contribution in [0.4, 0.5) is 0 Å². The molecule has 1 aliphatic heterocycles. The van der Waals surface area contributed by atoms with Crippen LogP contribution in [0.15, 0.2) is 0 Å². The van der Waals surface area contributed by atoms with E-state index >= 15 is 0 Å². The molecule has 1 heterocycles. The molecular weight excluding hydrogens is 314 g/mol. The van der Waals surface area contributed by atoms with Crippen molar-refractivity contribution in [3.63, 3.8) is 0 Å². The van der Waals surface area contributed by atoms with E-state index in [4.69, 9.17) is 0 Å². The van der Waals surface area contributed by atoms with Gasteiger partial charge in [-0.2, -0.15) is 4.31 Å². The van der Waals surface area contributed by atoms with Crippen LogP contribution in [0.3, 0.4) is 0 Å². The number of sulfonamides is 1. The van der Waals surface area contributed by atoms with Crippen molar-refractivity contribution in [3.05, 3.63) is 0 Å². The molecule has 0 aromatic rings. The summed E-state index contributed by atoms with van der Waals surface area (Å²) in [5.41, 5.74) is 0. The molecule has 2 aliphatic rings. The number of amides is 1. The fourth-order valence-corrected chi connectivity index (χ4v) is 4.64. The highest BCUT2D eigenvalue weighted by Crippen LogP contribution is 2.24. The van der Waals surface area contributed by atoms with Crippen molar-refractivity contribution < 1.29 is 13.2 Å². The van der Waals surface area contributed by atoms with E-state index < -0.39 is 10.0 Å². The molecule has 2 rings (SSSR count). The predicted octanol–water partition coefficient (Wildman–Crippen LogP) is 1.04. The largest absolute Gasteiger partial charge is 0.352 e. The molecule has 0 aromatic heterocycles. The van der Waals surface area contributed by atoms with Crippen LogP contribution in [0.2, 0.25) is 0 Å². The van der Waals surface area contributed by atoms with Crippen LogP contribution in [-0.2, 0) is 14.8 Å². The highest BCUT2D eigenvalue weighted by Gasteiger charge is 2.31. The monoisotopic (exact) mass is 345 g/mol. The molecule has 1 N–H and O–H groups in total. The lowest BCUT2D eigenvalue weighted by Gasteiger charge is -2.38. The van der Waals surface area contributed by atoms with E-state index in [1.807, 2.05) is 6.92 Å². The smallest absolute Gasteiger partial charge is 0.237 e. The van der Waals surface area contributed by atoms with Gasteiger partial charge in [-0.15, -0.1) is 0 Å². The van der Waals surface area contributed by atoms with Gasteiger partial charge in [0.2, 0.25) is 15.9 Å². The first kappa shape index (κ1) is 18.7. The molecule has 1 saturated carbocycles. The molecule has 1 saturated heterocycles. The van der Waals surface area contributed by atoms with Crippen molar-refractivity contribution in [1.29, 1.82) is 0 Å². The fourth-order valence-electron chi connectivity index (χ4n) is 3.55. The Kier molecular flexibility index (Phi) is 6.45. The highest BCUT2D eigenvalue weighted by molar-refractivity contribution is 7.89. The van der Waals surface area contributed by atoms with Gasteiger partial charge < -0.3 is 5.32 Å². The summed E-state index contributed by atoms with van der Waals surface area (Å²) in [5, 5.41) is 3.21. The van der Waals surface area contributed by atoms with E-state index in [2.05, 4.69) is 17.1 Å². The minimum atomic E-state index is -3.11. The second-order valence-electron chi connectivity index (χ2n) is 6.89. The second kappa shape index (κ2) is 7.94. The van der Waals surface area contributed by atoms with Crippen molar-refractivity contribution in [2.75, 3.05) is 31.9 Å². The summed E-state index contributed by atoms with van der Waals surface area (Å²) in [6, 6.07) is 0.0936. The minimum absolute atomic E-state index is 0.0792. The van der Waals surface area contributed by atoms with Crippen LogP contribution in [0.25, 0.3) is 0 Å². The second-order valence-corrected chi connectivity index (χ2v) is 9.15. The lowest BCUT2D eigenvalue weighted by Crippen LogP contribution is -2.56. The molecule has 3 atom stereocenters. The van der Waals surface area contributed by atoms with E-state index in [0.29, 0.717) is 38.1 Å². The number of hydrogen-bond donors (Lipinski definition) is 1. The van der Waals surface area contributed by atoms with Crippen molar-refractivity contribution >= 4 is 15.9 Å². The average Bonchev–Trinajstić information content (AvgIpc) is 2.56. The molecule has 6 nitrogen and oxygen atoms in total. The summed E-state index contributed by atoms with van der Waals surface area (Å²) < 4.78 is 25.3. The van der Waals surface area contributed by atoms with Crippen molar-refractivity contribution in [3.8, 4) is 0 Å². The van der Waals surface area contributed by atoms with E-state index in [1.165, 1.54) is 23.6 Å². The zero-order valence-corrected chi connectivity index (χ0v) is 15.4. The summed E-state index contributed by atoms with van der Waals surface area (Å²) in [5.74, 6) is 0.768. The van der Waals surface area contributed by atoms with Gasteiger partial charge in [-0.1, -0.05) is 19.8 Å². The Morgan fingerprint density at radius 3 is 2.35 bits per heavy atom. The Morgan fingerprint density at radius 1 is 1.17 bits per heavy atom. The molecule has 0 spiro atoms. The van der Waals surface area contributed by atoms with Crippen LogP contribution >= 0.6 is 0 Å². The number of piperazine rings is 1. The Labute approximate surface area is 140 Å². The third-order valence-electron chi connectivity index (χ3n) is 5.40. The first-order chi connectivity index (χ1) is 10.8. The molecular formula is C16H31N3O3S. The predicted molar refractivity (Wildman–Crippen MR) is 91.6 cm³/mol. The number of carbonyl (C=O) groups is 1. The summed E-state index contributed by atoms with van der Waals surface area (Å²) in [6.45, 7) is 8.00. The summed E-state index contributed by atoms with van der Waals surface area (Å²) >= 11 is 0. The van der Waals surface area contributed by atoms with Gasteiger partial charge in [0.1, 0.15) is 0 Å². The van der Waals surface area contributed by atoms with Gasteiger partial charge >= 0.3 is 0 Å². The quantitative estimate of drug-likeness (QED) is 0.808. The molecule has 23 heavy (non-hydrogen) atoms. The molecule has 7 heteroatoms. The summed E-state index contributed by atoms with van der Waals surface area (Å²) in [6.07, 6.45) is 4.71. The van der Waals surface area contributed by atoms with Crippen molar-refractivity contribution in [1.82, 2.24) is 14.5 Å². The number of nitrogens with one attached hydrogen (secondary N) is 1. The maximum atomic E-state index is 12.5. The van der Waals surface area contributed by atoms with Crippen LogP contribution in [0.1, 0.15) is 46.5 Å². The van der Waals surface area contributed by atoms with Crippen LogP contribution < -0.4 is 5.32 Å². The van der Waals surface area contributed by atoms with Crippen molar-refractivity contribution in [2.45, 2.75) is 58.5 Å². The molecule has 0 aromatic carbocycles. The molecule has 0 bridgehead atoms. The maximum absolute atomic E-state index is 12.5. The van der Waals surface area contributed by atoms with E-state index in [-0.39, 0.29) is 17.7 Å². The van der Waals surface area contributed by atoms with Crippen LogP contribution in [0.5, 0.6) is 0 Å². The zero-order valence-electron chi connectivity index (χ0n) is 14.6.